The molecule has 0 amide bonds. The maximum absolute atomic E-state index is 10.5. The molecule has 1 heterocycles. The van der Waals surface area contributed by atoms with E-state index >= 15 is 0 Å². The van der Waals surface area contributed by atoms with Crippen LogP contribution >= 0.6 is 0 Å². The van der Waals surface area contributed by atoms with Gasteiger partial charge in [-0.2, -0.15) is 12.7 Å². The largest absolute Gasteiger partial charge is 0.330 e. The molecule has 0 radical (unpaired) electrons. The van der Waals surface area contributed by atoms with E-state index in [0.717, 1.165) is 0 Å². The van der Waals surface area contributed by atoms with Gasteiger partial charge in [-0.15, -0.1) is 0 Å². The fourth-order valence-corrected chi connectivity index (χ4v) is 1.72. The predicted octanol–water partition coefficient (Wildman–Crippen LogP) is -1.92. The van der Waals surface area contributed by atoms with E-state index in [1.165, 1.54) is 4.31 Å². The zero-order chi connectivity index (χ0) is 7.78. The van der Waals surface area contributed by atoms with Crippen LogP contribution in [0, 0.1) is 5.92 Å². The number of rotatable bonds is 2. The lowest BCUT2D eigenvalue weighted by molar-refractivity contribution is 0.207. The molecule has 6 heteroatoms. The van der Waals surface area contributed by atoms with E-state index in [2.05, 4.69) is 0 Å². The summed E-state index contributed by atoms with van der Waals surface area (Å²) >= 11 is 0. The smallest absolute Gasteiger partial charge is 0.276 e. The van der Waals surface area contributed by atoms with E-state index in [-0.39, 0.29) is 0 Å². The molecule has 1 aliphatic heterocycles. The van der Waals surface area contributed by atoms with Crippen molar-refractivity contribution in [2.24, 2.45) is 16.8 Å². The van der Waals surface area contributed by atoms with Gasteiger partial charge in [0.15, 0.2) is 0 Å². The third kappa shape index (κ3) is 1.46. The highest BCUT2D eigenvalue weighted by Crippen LogP contribution is 2.15. The Hall–Kier alpha value is -0.170. The zero-order valence-electron chi connectivity index (χ0n) is 5.53. The van der Waals surface area contributed by atoms with E-state index in [1.54, 1.807) is 0 Å². The predicted molar refractivity (Wildman–Crippen MR) is 37.2 cm³/mol. The van der Waals surface area contributed by atoms with Crippen molar-refractivity contribution in [2.45, 2.75) is 0 Å². The van der Waals surface area contributed by atoms with E-state index in [9.17, 15) is 8.42 Å². The Bertz CT molecular complexity index is 207. The van der Waals surface area contributed by atoms with Gasteiger partial charge in [0, 0.05) is 13.1 Å². The molecular weight excluding hydrogens is 154 g/mol. The minimum atomic E-state index is -3.43. The van der Waals surface area contributed by atoms with Gasteiger partial charge in [-0.05, 0) is 12.5 Å². The molecule has 10 heavy (non-hydrogen) atoms. The summed E-state index contributed by atoms with van der Waals surface area (Å²) < 4.78 is 22.3. The number of hydrogen-bond donors (Lipinski definition) is 2. The van der Waals surface area contributed by atoms with Crippen LogP contribution in [0.1, 0.15) is 0 Å². The highest BCUT2D eigenvalue weighted by Gasteiger charge is 2.32. The second kappa shape index (κ2) is 2.46. The van der Waals surface area contributed by atoms with Crippen molar-refractivity contribution in [3.8, 4) is 0 Å². The van der Waals surface area contributed by atoms with Crippen LogP contribution in [0.4, 0.5) is 0 Å². The zero-order valence-corrected chi connectivity index (χ0v) is 6.34. The Kier molecular flexibility index (Phi) is 1.95. The molecule has 0 spiro atoms. The summed E-state index contributed by atoms with van der Waals surface area (Å²) in [6.07, 6.45) is 0. The maximum Gasteiger partial charge on any atom is 0.276 e. The molecule has 60 valence electrons. The van der Waals surface area contributed by atoms with Crippen molar-refractivity contribution in [1.29, 1.82) is 0 Å². The lowest BCUT2D eigenvalue weighted by Gasteiger charge is -2.35. The number of nitrogens with zero attached hydrogens (tertiary/aromatic N) is 1. The second-order valence-electron chi connectivity index (χ2n) is 2.46. The summed E-state index contributed by atoms with van der Waals surface area (Å²) in [6, 6.07) is 0. The molecule has 0 saturated carbocycles. The summed E-state index contributed by atoms with van der Waals surface area (Å²) in [4.78, 5) is 0. The molecule has 0 aromatic rings. The number of hydrogen-bond acceptors (Lipinski definition) is 3. The molecular formula is C4H11N3O2S. The van der Waals surface area contributed by atoms with Crippen molar-refractivity contribution in [2.75, 3.05) is 19.6 Å². The Labute approximate surface area is 60.2 Å². The van der Waals surface area contributed by atoms with Crippen LogP contribution in [-0.4, -0.2) is 32.4 Å². The molecule has 1 aliphatic rings. The molecule has 0 unspecified atom stereocenters. The van der Waals surface area contributed by atoms with Crippen LogP contribution in [0.5, 0.6) is 0 Å². The summed E-state index contributed by atoms with van der Waals surface area (Å²) in [6.45, 7) is 1.50. The highest BCUT2D eigenvalue weighted by molar-refractivity contribution is 7.86. The van der Waals surface area contributed by atoms with Crippen molar-refractivity contribution in [1.82, 2.24) is 4.31 Å². The van der Waals surface area contributed by atoms with Crippen molar-refractivity contribution in [3.05, 3.63) is 0 Å². The van der Waals surface area contributed by atoms with Gasteiger partial charge in [-0.25, -0.2) is 5.14 Å². The van der Waals surface area contributed by atoms with Crippen LogP contribution in [-0.2, 0) is 10.2 Å². The van der Waals surface area contributed by atoms with Gasteiger partial charge in [0.25, 0.3) is 10.2 Å². The minimum absolute atomic E-state index is 0.304. The second-order valence-corrected chi connectivity index (χ2v) is 4.01. The average Bonchev–Trinajstić information content (AvgIpc) is 1.57. The number of nitrogens with two attached hydrogens (primary N) is 2. The average molecular weight is 165 g/mol. The Morgan fingerprint density at radius 2 is 2.00 bits per heavy atom. The lowest BCUT2D eigenvalue weighted by Crippen LogP contribution is -2.54. The maximum atomic E-state index is 10.5. The molecule has 1 saturated heterocycles. The molecule has 4 N–H and O–H groups in total. The Morgan fingerprint density at radius 3 is 2.30 bits per heavy atom. The van der Waals surface area contributed by atoms with E-state index < -0.39 is 10.2 Å². The van der Waals surface area contributed by atoms with E-state index in [1.807, 2.05) is 0 Å². The summed E-state index contributed by atoms with van der Waals surface area (Å²) in [7, 11) is -3.43. The van der Waals surface area contributed by atoms with Gasteiger partial charge in [-0.3, -0.25) is 0 Å². The molecule has 0 atom stereocenters. The quantitative estimate of drug-likeness (QED) is 0.500. The van der Waals surface area contributed by atoms with Gasteiger partial charge in [0.2, 0.25) is 0 Å². The van der Waals surface area contributed by atoms with E-state index in [4.69, 9.17) is 10.9 Å². The monoisotopic (exact) mass is 165 g/mol. The van der Waals surface area contributed by atoms with Gasteiger partial charge in [0.05, 0.1) is 0 Å². The SMILES string of the molecule is NCC1CN(S(N)(=O)=O)C1. The first-order valence-electron chi connectivity index (χ1n) is 3.02. The van der Waals surface area contributed by atoms with Crippen LogP contribution in [0.25, 0.3) is 0 Å². The third-order valence-corrected chi connectivity index (χ3v) is 2.63. The summed E-state index contributed by atoms with van der Waals surface area (Å²) in [5, 5.41) is 4.82. The molecule has 1 fully saturated rings. The molecule has 1 rings (SSSR count). The summed E-state index contributed by atoms with van der Waals surface area (Å²) in [5.74, 6) is 0.304. The topological polar surface area (TPSA) is 89.4 Å². The molecule has 0 aliphatic carbocycles. The van der Waals surface area contributed by atoms with Crippen molar-refractivity contribution < 1.29 is 8.42 Å². The van der Waals surface area contributed by atoms with Gasteiger partial charge in [-0.1, -0.05) is 0 Å². The highest BCUT2D eigenvalue weighted by atomic mass is 32.2. The van der Waals surface area contributed by atoms with Crippen molar-refractivity contribution >= 4 is 10.2 Å². The fourth-order valence-electron chi connectivity index (χ4n) is 0.879. The molecule has 0 aromatic carbocycles. The third-order valence-electron chi connectivity index (χ3n) is 1.62. The molecule has 0 aromatic heterocycles. The fraction of sp³-hybridized carbons (Fsp3) is 1.00. The Morgan fingerprint density at radius 1 is 1.50 bits per heavy atom. The van der Waals surface area contributed by atoms with E-state index in [0.29, 0.717) is 25.6 Å². The van der Waals surface area contributed by atoms with Gasteiger partial charge < -0.3 is 5.73 Å². The first-order valence-corrected chi connectivity index (χ1v) is 4.52. The van der Waals surface area contributed by atoms with Crippen LogP contribution in [0.15, 0.2) is 0 Å². The first-order chi connectivity index (χ1) is 4.54. The van der Waals surface area contributed by atoms with Crippen LogP contribution < -0.4 is 10.9 Å². The normalized spacial score (nSPS) is 22.6. The first kappa shape index (κ1) is 7.93. The lowest BCUT2D eigenvalue weighted by atomic mass is 10.0. The molecule has 5 nitrogen and oxygen atoms in total. The Balaban J connectivity index is 2.41. The van der Waals surface area contributed by atoms with Crippen LogP contribution in [0.2, 0.25) is 0 Å². The minimum Gasteiger partial charge on any atom is -0.330 e. The summed E-state index contributed by atoms with van der Waals surface area (Å²) in [5.41, 5.74) is 5.28. The molecule has 0 bridgehead atoms. The van der Waals surface area contributed by atoms with Crippen molar-refractivity contribution in [3.63, 3.8) is 0 Å². The standard InChI is InChI=1S/C4H11N3O2S/c5-1-4-2-7(3-4)10(6,8)9/h4H,1-3,5H2,(H2,6,8,9). The van der Waals surface area contributed by atoms with Gasteiger partial charge in [0.1, 0.15) is 0 Å². The van der Waals surface area contributed by atoms with Crippen LogP contribution in [0.3, 0.4) is 0 Å². The van der Waals surface area contributed by atoms with Gasteiger partial charge >= 0.3 is 0 Å².